The number of hydrogen-bond acceptors (Lipinski definition) is 5. The van der Waals surface area contributed by atoms with Crippen LogP contribution in [0, 0.1) is 6.92 Å². The molecule has 0 saturated carbocycles. The molecular formula is C18H20N6O. The van der Waals surface area contributed by atoms with E-state index in [1.807, 2.05) is 43.3 Å². The summed E-state index contributed by atoms with van der Waals surface area (Å²) in [5, 5.41) is 7.41. The zero-order valence-electron chi connectivity index (χ0n) is 14.1. The quantitative estimate of drug-likeness (QED) is 0.790. The first kappa shape index (κ1) is 15.6. The van der Waals surface area contributed by atoms with E-state index in [1.54, 1.807) is 4.52 Å². The van der Waals surface area contributed by atoms with Crippen molar-refractivity contribution in [3.8, 4) is 0 Å². The van der Waals surface area contributed by atoms with Gasteiger partial charge in [0.1, 0.15) is 12.1 Å². The second kappa shape index (κ2) is 6.51. The Morgan fingerprint density at radius 2 is 1.96 bits per heavy atom. The summed E-state index contributed by atoms with van der Waals surface area (Å²) in [6.07, 6.45) is 3.32. The number of hydrogen-bond donors (Lipinski definition) is 1. The highest BCUT2D eigenvalue weighted by Crippen LogP contribution is 2.21. The zero-order chi connectivity index (χ0) is 17.2. The predicted molar refractivity (Wildman–Crippen MR) is 94.7 cm³/mol. The van der Waals surface area contributed by atoms with Crippen LogP contribution in [-0.2, 0) is 0 Å². The van der Waals surface area contributed by atoms with Gasteiger partial charge in [-0.3, -0.25) is 4.79 Å². The summed E-state index contributed by atoms with van der Waals surface area (Å²) in [6.45, 7) is 3.68. The molecule has 7 nitrogen and oxygen atoms in total. The molecule has 4 rings (SSSR count). The van der Waals surface area contributed by atoms with Crippen molar-refractivity contribution in [3.05, 3.63) is 54.0 Å². The van der Waals surface area contributed by atoms with E-state index in [9.17, 15) is 4.79 Å². The van der Waals surface area contributed by atoms with Gasteiger partial charge in [0.05, 0.1) is 0 Å². The third-order valence-corrected chi connectivity index (χ3v) is 4.55. The Labute approximate surface area is 145 Å². The molecule has 0 radical (unpaired) electrons. The molecule has 3 aromatic rings. The molecule has 0 atom stereocenters. The monoisotopic (exact) mass is 336 g/mol. The Morgan fingerprint density at radius 1 is 1.20 bits per heavy atom. The van der Waals surface area contributed by atoms with Crippen LogP contribution in [0.4, 0.5) is 5.82 Å². The lowest BCUT2D eigenvalue weighted by atomic mass is 10.0. The summed E-state index contributed by atoms with van der Waals surface area (Å²) < 4.78 is 1.77. The van der Waals surface area contributed by atoms with Crippen molar-refractivity contribution in [1.29, 1.82) is 0 Å². The molecule has 0 spiro atoms. The van der Waals surface area contributed by atoms with Crippen LogP contribution in [0.1, 0.15) is 28.9 Å². The Kier molecular flexibility index (Phi) is 4.05. The molecule has 1 aliphatic heterocycles. The first-order chi connectivity index (χ1) is 12.2. The number of nitrogens with zero attached hydrogens (tertiary/aromatic N) is 5. The number of amides is 1. The summed E-state index contributed by atoms with van der Waals surface area (Å²) in [5.41, 5.74) is 1.63. The van der Waals surface area contributed by atoms with Gasteiger partial charge in [0.2, 0.25) is 0 Å². The van der Waals surface area contributed by atoms with Crippen molar-refractivity contribution in [2.24, 2.45) is 0 Å². The van der Waals surface area contributed by atoms with Crippen molar-refractivity contribution >= 4 is 17.5 Å². The third-order valence-electron chi connectivity index (χ3n) is 4.55. The van der Waals surface area contributed by atoms with Gasteiger partial charge in [0.25, 0.3) is 11.7 Å². The fourth-order valence-corrected chi connectivity index (χ4v) is 3.25. The van der Waals surface area contributed by atoms with Gasteiger partial charge in [-0.15, -0.1) is 0 Å². The van der Waals surface area contributed by atoms with E-state index in [0.29, 0.717) is 11.3 Å². The van der Waals surface area contributed by atoms with Crippen LogP contribution < -0.4 is 10.2 Å². The summed E-state index contributed by atoms with van der Waals surface area (Å²) in [6, 6.07) is 11.6. The maximum absolute atomic E-state index is 12.3. The topological polar surface area (TPSA) is 75.4 Å². The molecule has 0 unspecified atom stereocenters. The molecule has 0 aliphatic carbocycles. The van der Waals surface area contributed by atoms with Gasteiger partial charge in [-0.1, -0.05) is 18.2 Å². The van der Waals surface area contributed by atoms with Crippen LogP contribution in [0.3, 0.4) is 0 Å². The number of carbonyl (C=O) groups is 1. The third kappa shape index (κ3) is 3.17. The van der Waals surface area contributed by atoms with Crippen molar-refractivity contribution in [2.75, 3.05) is 18.0 Å². The number of anilines is 1. The molecule has 1 N–H and O–H groups in total. The summed E-state index contributed by atoms with van der Waals surface area (Å²) in [5.74, 6) is 1.62. The maximum atomic E-state index is 12.3. The molecule has 2 aromatic heterocycles. The fourth-order valence-electron chi connectivity index (χ4n) is 3.25. The standard InChI is InChI=1S/C18H20N6O/c1-13-11-16(24-18(21-13)19-12-20-24)23-9-7-15(8-10-23)22-17(25)14-5-3-2-4-6-14/h2-6,11-12,15H,7-10H2,1H3,(H,22,25). The van der Waals surface area contributed by atoms with Crippen LogP contribution in [0.5, 0.6) is 0 Å². The van der Waals surface area contributed by atoms with E-state index in [4.69, 9.17) is 0 Å². The summed E-state index contributed by atoms with van der Waals surface area (Å²) >= 11 is 0. The number of fused-ring (bicyclic) bond motifs is 1. The van der Waals surface area contributed by atoms with Crippen molar-refractivity contribution < 1.29 is 4.79 Å². The molecule has 1 amide bonds. The fraction of sp³-hybridized carbons (Fsp3) is 0.333. The highest BCUT2D eigenvalue weighted by atomic mass is 16.1. The van der Waals surface area contributed by atoms with Crippen molar-refractivity contribution in [2.45, 2.75) is 25.8 Å². The van der Waals surface area contributed by atoms with Crippen molar-refractivity contribution in [1.82, 2.24) is 24.9 Å². The Balaban J connectivity index is 1.43. The average Bonchev–Trinajstić information content (AvgIpc) is 3.11. The smallest absolute Gasteiger partial charge is 0.254 e. The van der Waals surface area contributed by atoms with E-state index in [0.717, 1.165) is 37.4 Å². The molecule has 1 fully saturated rings. The van der Waals surface area contributed by atoms with Crippen LogP contribution in [0.2, 0.25) is 0 Å². The predicted octanol–water partition coefficient (Wildman–Crippen LogP) is 1.83. The summed E-state index contributed by atoms with van der Waals surface area (Å²) in [7, 11) is 0. The molecule has 1 saturated heterocycles. The number of aromatic nitrogens is 4. The van der Waals surface area contributed by atoms with Crippen LogP contribution >= 0.6 is 0 Å². The number of piperidine rings is 1. The first-order valence-corrected chi connectivity index (χ1v) is 8.49. The molecule has 25 heavy (non-hydrogen) atoms. The lowest BCUT2D eigenvalue weighted by Gasteiger charge is -2.33. The number of rotatable bonds is 3. The Morgan fingerprint density at radius 3 is 2.72 bits per heavy atom. The van der Waals surface area contributed by atoms with Crippen molar-refractivity contribution in [3.63, 3.8) is 0 Å². The van der Waals surface area contributed by atoms with Gasteiger partial charge in [-0.2, -0.15) is 14.6 Å². The van der Waals surface area contributed by atoms with Gasteiger partial charge in [-0.25, -0.2) is 4.98 Å². The minimum Gasteiger partial charge on any atom is -0.356 e. The molecule has 128 valence electrons. The van der Waals surface area contributed by atoms with E-state index in [1.165, 1.54) is 6.33 Å². The molecule has 3 heterocycles. The second-order valence-electron chi connectivity index (χ2n) is 6.33. The molecule has 7 heteroatoms. The van der Waals surface area contributed by atoms with E-state index < -0.39 is 0 Å². The van der Waals surface area contributed by atoms with Gasteiger partial charge in [0.15, 0.2) is 0 Å². The largest absolute Gasteiger partial charge is 0.356 e. The molecular weight excluding hydrogens is 316 g/mol. The van der Waals surface area contributed by atoms with Gasteiger partial charge in [-0.05, 0) is 31.9 Å². The van der Waals surface area contributed by atoms with Gasteiger partial charge in [0, 0.05) is 36.5 Å². The Hall–Kier alpha value is -2.96. The number of carbonyl (C=O) groups excluding carboxylic acids is 1. The molecule has 0 bridgehead atoms. The van der Waals surface area contributed by atoms with Gasteiger partial charge >= 0.3 is 0 Å². The normalized spacial score (nSPS) is 15.5. The number of aryl methyl sites for hydroxylation is 1. The van der Waals surface area contributed by atoms with E-state index in [-0.39, 0.29) is 11.9 Å². The Bertz CT molecular complexity index is 883. The first-order valence-electron chi connectivity index (χ1n) is 8.49. The number of benzene rings is 1. The second-order valence-corrected chi connectivity index (χ2v) is 6.33. The lowest BCUT2D eigenvalue weighted by Crippen LogP contribution is -2.45. The zero-order valence-corrected chi connectivity index (χ0v) is 14.1. The minimum atomic E-state index is -0.00234. The maximum Gasteiger partial charge on any atom is 0.254 e. The average molecular weight is 336 g/mol. The van der Waals surface area contributed by atoms with Crippen LogP contribution in [-0.4, -0.2) is 44.6 Å². The highest BCUT2D eigenvalue weighted by molar-refractivity contribution is 5.94. The lowest BCUT2D eigenvalue weighted by molar-refractivity contribution is 0.0931. The van der Waals surface area contributed by atoms with E-state index >= 15 is 0 Å². The highest BCUT2D eigenvalue weighted by Gasteiger charge is 2.23. The summed E-state index contributed by atoms with van der Waals surface area (Å²) in [4.78, 5) is 23.1. The van der Waals surface area contributed by atoms with E-state index in [2.05, 4.69) is 25.3 Å². The number of nitrogens with one attached hydrogen (secondary N) is 1. The van der Waals surface area contributed by atoms with Crippen LogP contribution in [0.15, 0.2) is 42.7 Å². The van der Waals surface area contributed by atoms with Gasteiger partial charge < -0.3 is 10.2 Å². The van der Waals surface area contributed by atoms with Crippen LogP contribution in [0.25, 0.3) is 5.78 Å². The SMILES string of the molecule is Cc1cc(N2CCC(NC(=O)c3ccccc3)CC2)n2ncnc2n1. The minimum absolute atomic E-state index is 0.00234. The molecule has 1 aliphatic rings. The molecule has 1 aromatic carbocycles.